The van der Waals surface area contributed by atoms with Crippen molar-refractivity contribution in [3.63, 3.8) is 0 Å². The molecule has 2 rings (SSSR count). The van der Waals surface area contributed by atoms with Crippen LogP contribution in [0.3, 0.4) is 0 Å². The highest BCUT2D eigenvalue weighted by Crippen LogP contribution is 2.33. The summed E-state index contributed by atoms with van der Waals surface area (Å²) in [6, 6.07) is 0. The fourth-order valence-corrected chi connectivity index (χ4v) is 3.26. The van der Waals surface area contributed by atoms with Gasteiger partial charge in [0.15, 0.2) is 0 Å². The number of piperidine rings is 1. The summed E-state index contributed by atoms with van der Waals surface area (Å²) in [7, 11) is 0. The summed E-state index contributed by atoms with van der Waals surface area (Å²) in [6.45, 7) is 3.11. The lowest BCUT2D eigenvalue weighted by Gasteiger charge is -2.41. The zero-order valence-corrected chi connectivity index (χ0v) is 10.5. The lowest BCUT2D eigenvalue weighted by atomic mass is 9.73. The van der Waals surface area contributed by atoms with Crippen LogP contribution in [0.2, 0.25) is 0 Å². The number of hydrogen-bond acceptors (Lipinski definition) is 3. The molecule has 1 aliphatic heterocycles. The summed E-state index contributed by atoms with van der Waals surface area (Å²) in [5, 5.41) is 9.35. The fourth-order valence-electron chi connectivity index (χ4n) is 3.26. The second kappa shape index (κ2) is 5.36. The van der Waals surface area contributed by atoms with Crippen molar-refractivity contribution >= 4 is 5.97 Å². The van der Waals surface area contributed by atoms with Crippen LogP contribution in [0.1, 0.15) is 44.9 Å². The molecule has 0 spiro atoms. The van der Waals surface area contributed by atoms with Crippen molar-refractivity contribution in [2.45, 2.75) is 50.5 Å². The molecule has 4 nitrogen and oxygen atoms in total. The topological polar surface area (TPSA) is 66.6 Å². The molecule has 0 aromatic carbocycles. The smallest absolute Gasteiger partial charge is 0.324 e. The van der Waals surface area contributed by atoms with E-state index in [0.29, 0.717) is 6.42 Å². The average molecular weight is 240 g/mol. The molecular formula is C13H24N2O2. The molecule has 1 heterocycles. The van der Waals surface area contributed by atoms with Gasteiger partial charge in [0, 0.05) is 12.5 Å². The third kappa shape index (κ3) is 2.80. The molecule has 1 saturated heterocycles. The van der Waals surface area contributed by atoms with Gasteiger partial charge in [-0.15, -0.1) is 0 Å². The largest absolute Gasteiger partial charge is 0.480 e. The van der Waals surface area contributed by atoms with Crippen molar-refractivity contribution in [2.24, 2.45) is 11.7 Å². The zero-order chi connectivity index (χ0) is 12.3. The van der Waals surface area contributed by atoms with Gasteiger partial charge in [-0.2, -0.15) is 0 Å². The predicted octanol–water partition coefficient (Wildman–Crippen LogP) is 1.44. The summed E-state index contributed by atoms with van der Waals surface area (Å²) in [4.78, 5) is 13.8. The van der Waals surface area contributed by atoms with Gasteiger partial charge in [0.2, 0.25) is 0 Å². The van der Waals surface area contributed by atoms with E-state index in [1.165, 1.54) is 19.3 Å². The SMILES string of the molecule is N[C@]1(C(=O)O)CCCC[C@H]1CN1CCCCC1. The maximum absolute atomic E-state index is 11.4. The zero-order valence-electron chi connectivity index (χ0n) is 10.5. The molecule has 0 aromatic rings. The van der Waals surface area contributed by atoms with Gasteiger partial charge in [-0.1, -0.05) is 19.3 Å². The van der Waals surface area contributed by atoms with Crippen LogP contribution >= 0.6 is 0 Å². The van der Waals surface area contributed by atoms with Crippen molar-refractivity contribution < 1.29 is 9.90 Å². The quantitative estimate of drug-likeness (QED) is 0.783. The second-order valence-corrected chi connectivity index (χ2v) is 5.65. The van der Waals surface area contributed by atoms with E-state index in [2.05, 4.69) is 4.90 Å². The standard InChI is InChI=1S/C13H24N2O2/c14-13(12(16)17)7-3-2-6-11(13)10-15-8-4-1-5-9-15/h11H,1-10,14H2,(H,16,17)/t11-,13+/m0/s1. The Bertz CT molecular complexity index is 277. The number of aliphatic carboxylic acids is 1. The number of likely N-dealkylation sites (tertiary alicyclic amines) is 1. The van der Waals surface area contributed by atoms with Gasteiger partial charge >= 0.3 is 5.97 Å². The molecule has 2 fully saturated rings. The van der Waals surface area contributed by atoms with Crippen molar-refractivity contribution in [1.29, 1.82) is 0 Å². The van der Waals surface area contributed by atoms with Crippen LogP contribution < -0.4 is 5.73 Å². The Labute approximate surface area is 103 Å². The van der Waals surface area contributed by atoms with Gasteiger partial charge in [0.05, 0.1) is 0 Å². The van der Waals surface area contributed by atoms with Gasteiger partial charge < -0.3 is 15.7 Å². The molecule has 2 aliphatic rings. The van der Waals surface area contributed by atoms with E-state index in [0.717, 1.165) is 38.9 Å². The predicted molar refractivity (Wildman–Crippen MR) is 66.8 cm³/mol. The number of carboxylic acid groups (broad SMARTS) is 1. The summed E-state index contributed by atoms with van der Waals surface area (Å²) in [5.41, 5.74) is 5.16. The van der Waals surface area contributed by atoms with E-state index in [-0.39, 0.29) is 5.92 Å². The molecule has 1 saturated carbocycles. The molecule has 1 aliphatic carbocycles. The second-order valence-electron chi connectivity index (χ2n) is 5.65. The maximum Gasteiger partial charge on any atom is 0.324 e. The van der Waals surface area contributed by atoms with Gasteiger partial charge in [-0.05, 0) is 38.8 Å². The molecular weight excluding hydrogens is 216 g/mol. The monoisotopic (exact) mass is 240 g/mol. The lowest BCUT2D eigenvalue weighted by Crippen LogP contribution is -2.58. The third-order valence-electron chi connectivity index (χ3n) is 4.45. The molecule has 0 aromatic heterocycles. The first-order valence-electron chi connectivity index (χ1n) is 6.87. The summed E-state index contributed by atoms with van der Waals surface area (Å²) in [5.74, 6) is -0.675. The van der Waals surface area contributed by atoms with Gasteiger partial charge in [0.25, 0.3) is 0 Å². The van der Waals surface area contributed by atoms with E-state index in [9.17, 15) is 9.90 Å². The average Bonchev–Trinajstić information content (AvgIpc) is 2.33. The highest BCUT2D eigenvalue weighted by Gasteiger charge is 2.44. The first kappa shape index (κ1) is 12.8. The van der Waals surface area contributed by atoms with Crippen molar-refractivity contribution in [1.82, 2.24) is 4.90 Å². The molecule has 0 unspecified atom stereocenters. The third-order valence-corrected chi connectivity index (χ3v) is 4.45. The normalized spacial score (nSPS) is 35.7. The summed E-state index contributed by atoms with van der Waals surface area (Å²) in [6.07, 6.45) is 7.51. The van der Waals surface area contributed by atoms with Crippen molar-refractivity contribution in [3.05, 3.63) is 0 Å². The number of nitrogens with two attached hydrogens (primary N) is 1. The minimum Gasteiger partial charge on any atom is -0.480 e. The highest BCUT2D eigenvalue weighted by atomic mass is 16.4. The highest BCUT2D eigenvalue weighted by molar-refractivity contribution is 5.79. The Morgan fingerprint density at radius 2 is 1.94 bits per heavy atom. The van der Waals surface area contributed by atoms with Crippen LogP contribution in [0.5, 0.6) is 0 Å². The first-order chi connectivity index (χ1) is 8.13. The maximum atomic E-state index is 11.4. The van der Waals surface area contributed by atoms with E-state index in [1.807, 2.05) is 0 Å². The summed E-state index contributed by atoms with van der Waals surface area (Å²) >= 11 is 0. The van der Waals surface area contributed by atoms with Crippen LogP contribution in [-0.4, -0.2) is 41.1 Å². The van der Waals surface area contributed by atoms with Crippen LogP contribution in [0.4, 0.5) is 0 Å². The lowest BCUT2D eigenvalue weighted by molar-refractivity contribution is -0.147. The van der Waals surface area contributed by atoms with Gasteiger partial charge in [0.1, 0.15) is 5.54 Å². The van der Waals surface area contributed by atoms with Gasteiger partial charge in [-0.3, -0.25) is 4.79 Å². The van der Waals surface area contributed by atoms with Gasteiger partial charge in [-0.25, -0.2) is 0 Å². The van der Waals surface area contributed by atoms with E-state index >= 15 is 0 Å². The van der Waals surface area contributed by atoms with Crippen molar-refractivity contribution in [3.8, 4) is 0 Å². The number of hydrogen-bond donors (Lipinski definition) is 2. The molecule has 0 radical (unpaired) electrons. The van der Waals surface area contributed by atoms with Crippen LogP contribution in [0.25, 0.3) is 0 Å². The fraction of sp³-hybridized carbons (Fsp3) is 0.923. The molecule has 0 bridgehead atoms. The Hall–Kier alpha value is -0.610. The molecule has 98 valence electrons. The van der Waals surface area contributed by atoms with E-state index in [1.54, 1.807) is 0 Å². The molecule has 3 N–H and O–H groups in total. The molecule has 4 heteroatoms. The first-order valence-corrected chi connectivity index (χ1v) is 6.87. The van der Waals surface area contributed by atoms with Crippen LogP contribution in [0, 0.1) is 5.92 Å². The summed E-state index contributed by atoms with van der Waals surface area (Å²) < 4.78 is 0. The Morgan fingerprint density at radius 3 is 2.59 bits per heavy atom. The number of carbonyl (C=O) groups is 1. The Kier molecular flexibility index (Phi) is 4.05. The van der Waals surface area contributed by atoms with Crippen LogP contribution in [-0.2, 0) is 4.79 Å². The minimum absolute atomic E-state index is 0.131. The van der Waals surface area contributed by atoms with Crippen LogP contribution in [0.15, 0.2) is 0 Å². The number of nitrogens with zero attached hydrogens (tertiary/aromatic N) is 1. The number of rotatable bonds is 3. The number of carboxylic acids is 1. The van der Waals surface area contributed by atoms with E-state index < -0.39 is 11.5 Å². The Balaban J connectivity index is 1.98. The Morgan fingerprint density at radius 1 is 1.24 bits per heavy atom. The van der Waals surface area contributed by atoms with E-state index in [4.69, 9.17) is 5.73 Å². The minimum atomic E-state index is -0.976. The molecule has 2 atom stereocenters. The molecule has 0 amide bonds. The molecule has 17 heavy (non-hydrogen) atoms. The van der Waals surface area contributed by atoms with Crippen molar-refractivity contribution in [2.75, 3.05) is 19.6 Å².